The van der Waals surface area contributed by atoms with Gasteiger partial charge in [-0.15, -0.1) is 0 Å². The van der Waals surface area contributed by atoms with Crippen LogP contribution in [0.3, 0.4) is 0 Å². The number of rotatable bonds is 4. The number of nitriles is 1. The molecule has 2 rings (SSSR count). The Kier molecular flexibility index (Phi) is 5.18. The molecular formula is C16H20N2O3. The van der Waals surface area contributed by atoms with E-state index < -0.39 is 0 Å². The second-order valence-electron chi connectivity index (χ2n) is 5.19. The van der Waals surface area contributed by atoms with Crippen molar-refractivity contribution in [1.29, 1.82) is 5.26 Å². The molecule has 1 saturated heterocycles. The van der Waals surface area contributed by atoms with Gasteiger partial charge in [0.25, 0.3) is 0 Å². The van der Waals surface area contributed by atoms with Crippen LogP contribution in [0, 0.1) is 17.2 Å². The lowest BCUT2D eigenvalue weighted by atomic mass is 9.80. The summed E-state index contributed by atoms with van der Waals surface area (Å²) in [5, 5.41) is 8.87. The third-order valence-corrected chi connectivity index (χ3v) is 4.04. The molecule has 0 radical (unpaired) electrons. The molecule has 0 N–H and O–H groups in total. The van der Waals surface area contributed by atoms with Crippen LogP contribution in [0.1, 0.15) is 17.9 Å². The Bertz CT molecular complexity index is 521. The molecule has 1 aromatic rings. The number of methoxy groups -OCH3 is 2. The molecule has 0 spiro atoms. The van der Waals surface area contributed by atoms with Crippen molar-refractivity contribution < 1.29 is 14.3 Å². The van der Waals surface area contributed by atoms with Gasteiger partial charge in [-0.25, -0.2) is 0 Å². The highest BCUT2D eigenvalue weighted by Gasteiger charge is 2.35. The molecule has 5 nitrogen and oxygen atoms in total. The van der Waals surface area contributed by atoms with Gasteiger partial charge >= 0.3 is 5.97 Å². The Hall–Kier alpha value is -2.06. The molecule has 1 heterocycles. The first kappa shape index (κ1) is 15.3. The Morgan fingerprint density at radius 3 is 2.67 bits per heavy atom. The molecule has 0 amide bonds. The molecule has 112 valence electrons. The van der Waals surface area contributed by atoms with Crippen molar-refractivity contribution in [2.75, 3.05) is 33.9 Å². The standard InChI is InChI=1S/C16H20N2O3/c1-20-13-5-3-12(4-6-13)15-11-18(10-8-17)9-7-14(15)16(19)21-2/h3-6,14-15H,7,9-11H2,1-2H3. The molecule has 21 heavy (non-hydrogen) atoms. The summed E-state index contributed by atoms with van der Waals surface area (Å²) in [6.45, 7) is 1.83. The number of hydrogen-bond donors (Lipinski definition) is 0. The maximum absolute atomic E-state index is 12.0. The summed E-state index contributed by atoms with van der Waals surface area (Å²) in [5.74, 6) is 0.509. The van der Waals surface area contributed by atoms with Crippen molar-refractivity contribution in [3.05, 3.63) is 29.8 Å². The summed E-state index contributed by atoms with van der Waals surface area (Å²) in [6, 6.07) is 9.93. The average molecular weight is 288 g/mol. The van der Waals surface area contributed by atoms with E-state index in [9.17, 15) is 4.79 Å². The first-order valence-corrected chi connectivity index (χ1v) is 7.00. The largest absolute Gasteiger partial charge is 0.497 e. The van der Waals surface area contributed by atoms with Crippen LogP contribution in [-0.2, 0) is 9.53 Å². The van der Waals surface area contributed by atoms with Gasteiger partial charge in [0.2, 0.25) is 0 Å². The average Bonchev–Trinajstić information content (AvgIpc) is 2.54. The molecule has 0 saturated carbocycles. The Balaban J connectivity index is 2.23. The van der Waals surface area contributed by atoms with Crippen molar-refractivity contribution in [1.82, 2.24) is 4.90 Å². The summed E-state index contributed by atoms with van der Waals surface area (Å²) in [7, 11) is 3.05. The van der Waals surface area contributed by atoms with Gasteiger partial charge in [-0.05, 0) is 24.1 Å². The zero-order valence-corrected chi connectivity index (χ0v) is 12.4. The number of benzene rings is 1. The zero-order chi connectivity index (χ0) is 15.2. The van der Waals surface area contributed by atoms with Crippen molar-refractivity contribution in [2.45, 2.75) is 12.3 Å². The SMILES string of the molecule is COC(=O)C1CCN(CC#N)CC1c1ccc(OC)cc1. The minimum atomic E-state index is -0.174. The number of carbonyl (C=O) groups excluding carboxylic acids is 1. The molecular weight excluding hydrogens is 268 g/mol. The fourth-order valence-corrected chi connectivity index (χ4v) is 2.89. The van der Waals surface area contributed by atoms with Crippen LogP contribution in [0.25, 0.3) is 0 Å². The van der Waals surface area contributed by atoms with Crippen molar-refractivity contribution in [3.63, 3.8) is 0 Å². The maximum atomic E-state index is 12.0. The predicted octanol–water partition coefficient (Wildman–Crippen LogP) is 1.80. The molecule has 1 fully saturated rings. The topological polar surface area (TPSA) is 62.6 Å². The van der Waals surface area contributed by atoms with Crippen LogP contribution < -0.4 is 4.74 Å². The van der Waals surface area contributed by atoms with E-state index >= 15 is 0 Å². The molecule has 1 aliphatic heterocycles. The first-order valence-electron chi connectivity index (χ1n) is 7.00. The second-order valence-corrected chi connectivity index (χ2v) is 5.19. The van der Waals surface area contributed by atoms with Crippen LogP contribution in [0.4, 0.5) is 0 Å². The van der Waals surface area contributed by atoms with Gasteiger partial charge in [-0.1, -0.05) is 12.1 Å². The van der Waals surface area contributed by atoms with Crippen molar-refractivity contribution in [3.8, 4) is 11.8 Å². The third kappa shape index (κ3) is 3.53. The Morgan fingerprint density at radius 2 is 2.10 bits per heavy atom. The lowest BCUT2D eigenvalue weighted by Gasteiger charge is -2.36. The summed E-state index contributed by atoms with van der Waals surface area (Å²) < 4.78 is 10.1. The smallest absolute Gasteiger partial charge is 0.309 e. The van der Waals surface area contributed by atoms with E-state index in [2.05, 4.69) is 11.0 Å². The van der Waals surface area contributed by atoms with Crippen LogP contribution in [-0.4, -0.2) is 44.7 Å². The molecule has 5 heteroatoms. The lowest BCUT2D eigenvalue weighted by molar-refractivity contribution is -0.147. The monoisotopic (exact) mass is 288 g/mol. The first-order chi connectivity index (χ1) is 10.2. The summed E-state index contributed by atoms with van der Waals surface area (Å²) in [4.78, 5) is 14.1. The van der Waals surface area contributed by atoms with Gasteiger partial charge in [0, 0.05) is 19.0 Å². The van der Waals surface area contributed by atoms with Gasteiger partial charge in [0.1, 0.15) is 5.75 Å². The highest BCUT2D eigenvalue weighted by atomic mass is 16.5. The van der Waals surface area contributed by atoms with Gasteiger partial charge in [0.05, 0.1) is 32.8 Å². The predicted molar refractivity (Wildman–Crippen MR) is 77.9 cm³/mol. The van der Waals surface area contributed by atoms with Crippen LogP contribution >= 0.6 is 0 Å². The number of carbonyl (C=O) groups is 1. The van der Waals surface area contributed by atoms with Gasteiger partial charge < -0.3 is 9.47 Å². The minimum absolute atomic E-state index is 0.0467. The van der Waals surface area contributed by atoms with E-state index in [0.29, 0.717) is 19.5 Å². The van der Waals surface area contributed by atoms with Crippen LogP contribution in [0.5, 0.6) is 5.75 Å². The highest BCUT2D eigenvalue weighted by molar-refractivity contribution is 5.74. The van der Waals surface area contributed by atoms with Crippen molar-refractivity contribution in [2.24, 2.45) is 5.92 Å². The van der Waals surface area contributed by atoms with Gasteiger partial charge in [-0.3, -0.25) is 9.69 Å². The third-order valence-electron chi connectivity index (χ3n) is 4.04. The fourth-order valence-electron chi connectivity index (χ4n) is 2.89. The van der Waals surface area contributed by atoms with Gasteiger partial charge in [-0.2, -0.15) is 5.26 Å². The van der Waals surface area contributed by atoms with Crippen LogP contribution in [0.15, 0.2) is 24.3 Å². The van der Waals surface area contributed by atoms with E-state index in [1.807, 2.05) is 24.3 Å². The molecule has 1 aliphatic rings. The number of ether oxygens (including phenoxy) is 2. The van der Waals surface area contributed by atoms with E-state index in [1.54, 1.807) is 7.11 Å². The Morgan fingerprint density at radius 1 is 1.38 bits per heavy atom. The number of nitrogens with zero attached hydrogens (tertiary/aromatic N) is 2. The van der Waals surface area contributed by atoms with E-state index in [1.165, 1.54) is 7.11 Å². The maximum Gasteiger partial charge on any atom is 0.309 e. The molecule has 1 aromatic carbocycles. The Labute approximate surface area is 125 Å². The summed E-state index contributed by atoms with van der Waals surface area (Å²) in [5.41, 5.74) is 1.08. The van der Waals surface area contributed by atoms with Gasteiger partial charge in [0.15, 0.2) is 0 Å². The summed E-state index contributed by atoms with van der Waals surface area (Å²) >= 11 is 0. The summed E-state index contributed by atoms with van der Waals surface area (Å²) in [6.07, 6.45) is 0.713. The normalized spacial score (nSPS) is 22.3. The highest BCUT2D eigenvalue weighted by Crippen LogP contribution is 2.34. The van der Waals surface area contributed by atoms with E-state index in [0.717, 1.165) is 17.9 Å². The number of hydrogen-bond acceptors (Lipinski definition) is 5. The molecule has 2 unspecified atom stereocenters. The van der Waals surface area contributed by atoms with E-state index in [-0.39, 0.29) is 17.8 Å². The lowest BCUT2D eigenvalue weighted by Crippen LogP contribution is -2.42. The van der Waals surface area contributed by atoms with E-state index in [4.69, 9.17) is 14.7 Å². The minimum Gasteiger partial charge on any atom is -0.497 e. The molecule has 2 atom stereocenters. The van der Waals surface area contributed by atoms with Crippen LogP contribution in [0.2, 0.25) is 0 Å². The second kappa shape index (κ2) is 7.09. The molecule has 0 aromatic heterocycles. The number of piperidine rings is 1. The number of esters is 1. The fraction of sp³-hybridized carbons (Fsp3) is 0.500. The van der Waals surface area contributed by atoms with Crippen molar-refractivity contribution >= 4 is 5.97 Å². The quantitative estimate of drug-likeness (QED) is 0.624. The zero-order valence-electron chi connectivity index (χ0n) is 12.4. The number of likely N-dealkylation sites (tertiary alicyclic amines) is 1. The molecule has 0 aliphatic carbocycles. The molecule has 0 bridgehead atoms.